The number of amides is 2. The summed E-state index contributed by atoms with van der Waals surface area (Å²) in [5.41, 5.74) is 1.31. The van der Waals surface area contributed by atoms with Gasteiger partial charge in [0.1, 0.15) is 0 Å². The Morgan fingerprint density at radius 2 is 2.13 bits per heavy atom. The predicted molar refractivity (Wildman–Crippen MR) is 85.9 cm³/mol. The highest BCUT2D eigenvalue weighted by Gasteiger charge is 2.26. The maximum absolute atomic E-state index is 12.3. The highest BCUT2D eigenvalue weighted by molar-refractivity contribution is 5.86. The number of rotatable bonds is 4. The Labute approximate surface area is 136 Å². The first-order valence-corrected chi connectivity index (χ1v) is 8.45. The first-order valence-electron chi connectivity index (χ1n) is 8.45. The summed E-state index contributed by atoms with van der Waals surface area (Å²) in [5, 5.41) is 7.10. The molecule has 1 aromatic rings. The summed E-state index contributed by atoms with van der Waals surface area (Å²) in [6.45, 7) is 6.65. The van der Waals surface area contributed by atoms with Crippen LogP contribution >= 0.6 is 0 Å². The zero-order valence-electron chi connectivity index (χ0n) is 13.7. The summed E-state index contributed by atoms with van der Waals surface area (Å²) in [4.78, 5) is 27.5. The van der Waals surface area contributed by atoms with E-state index in [0.717, 1.165) is 32.5 Å². The molecule has 126 valence electrons. The molecule has 0 unspecified atom stereocenters. The summed E-state index contributed by atoms with van der Waals surface area (Å²) in [6, 6.07) is 0. The van der Waals surface area contributed by atoms with Gasteiger partial charge in [0.15, 0.2) is 0 Å². The quantitative estimate of drug-likeness (QED) is 0.851. The smallest absolute Gasteiger partial charge is 0.239 e. The van der Waals surface area contributed by atoms with E-state index >= 15 is 0 Å². The number of aryl methyl sites for hydroxylation is 1. The molecular formula is C16H25N5O2. The van der Waals surface area contributed by atoms with E-state index in [4.69, 9.17) is 0 Å². The fourth-order valence-electron chi connectivity index (χ4n) is 3.33. The number of hydrogen-bond acceptors (Lipinski definition) is 4. The number of carbonyl (C=O) groups is 2. The Morgan fingerprint density at radius 1 is 1.35 bits per heavy atom. The van der Waals surface area contributed by atoms with Gasteiger partial charge in [0.2, 0.25) is 11.8 Å². The minimum Gasteiger partial charge on any atom is -0.353 e. The average molecular weight is 319 g/mol. The van der Waals surface area contributed by atoms with Crippen LogP contribution in [0.5, 0.6) is 0 Å². The molecule has 7 heteroatoms. The van der Waals surface area contributed by atoms with E-state index in [2.05, 4.69) is 28.4 Å². The first-order chi connectivity index (χ1) is 11.2. The third-order valence-corrected chi connectivity index (χ3v) is 4.79. The number of likely N-dealkylation sites (tertiary alicyclic amines) is 1. The van der Waals surface area contributed by atoms with Crippen LogP contribution in [0.4, 0.5) is 0 Å². The van der Waals surface area contributed by atoms with Crippen LogP contribution in [0.25, 0.3) is 0 Å². The van der Waals surface area contributed by atoms with Gasteiger partial charge in [-0.3, -0.25) is 19.2 Å². The Hall–Kier alpha value is -1.89. The Kier molecular flexibility index (Phi) is 4.95. The van der Waals surface area contributed by atoms with Crippen molar-refractivity contribution >= 4 is 11.8 Å². The van der Waals surface area contributed by atoms with Gasteiger partial charge in [-0.25, -0.2) is 0 Å². The molecule has 1 aromatic heterocycles. The van der Waals surface area contributed by atoms with Crippen LogP contribution in [-0.2, 0) is 16.1 Å². The van der Waals surface area contributed by atoms with E-state index in [-0.39, 0.29) is 18.4 Å². The Bertz CT molecular complexity index is 563. The summed E-state index contributed by atoms with van der Waals surface area (Å²) < 4.78 is 1.96. The molecule has 2 amide bonds. The maximum Gasteiger partial charge on any atom is 0.239 e. The lowest BCUT2D eigenvalue weighted by Gasteiger charge is -2.33. The van der Waals surface area contributed by atoms with Gasteiger partial charge in [0.25, 0.3) is 0 Å². The summed E-state index contributed by atoms with van der Waals surface area (Å²) in [5.74, 6) is 0.552. The van der Waals surface area contributed by atoms with E-state index in [1.807, 2.05) is 10.9 Å². The second-order valence-electron chi connectivity index (χ2n) is 6.35. The standard InChI is InChI=1S/C16H25N5O2/c1-2-21-10-14(9-18-21)13-3-6-19(7-4-13)12-16(23)20-8-5-17-15(22)11-20/h9-10,13H,2-8,11-12H2,1H3,(H,17,22). The van der Waals surface area contributed by atoms with Crippen molar-refractivity contribution in [2.75, 3.05) is 39.3 Å². The predicted octanol–water partition coefficient (Wildman–Crippen LogP) is 0.0408. The van der Waals surface area contributed by atoms with Crippen LogP contribution in [-0.4, -0.2) is 70.7 Å². The topological polar surface area (TPSA) is 70.5 Å². The lowest BCUT2D eigenvalue weighted by molar-refractivity contribution is -0.139. The fourth-order valence-corrected chi connectivity index (χ4v) is 3.33. The molecule has 3 rings (SSSR count). The Morgan fingerprint density at radius 3 is 2.78 bits per heavy atom. The summed E-state index contributed by atoms with van der Waals surface area (Å²) in [7, 11) is 0. The monoisotopic (exact) mass is 319 g/mol. The molecule has 3 heterocycles. The fraction of sp³-hybridized carbons (Fsp3) is 0.688. The number of nitrogens with one attached hydrogen (secondary N) is 1. The van der Waals surface area contributed by atoms with Crippen LogP contribution in [0.15, 0.2) is 12.4 Å². The van der Waals surface area contributed by atoms with Gasteiger partial charge in [-0.2, -0.15) is 5.10 Å². The summed E-state index contributed by atoms with van der Waals surface area (Å²) in [6.07, 6.45) is 6.23. The van der Waals surface area contributed by atoms with Crippen LogP contribution in [0, 0.1) is 0 Å². The molecule has 0 aliphatic carbocycles. The lowest BCUT2D eigenvalue weighted by atomic mass is 9.91. The number of hydrogen-bond donors (Lipinski definition) is 1. The second kappa shape index (κ2) is 7.12. The minimum absolute atomic E-state index is 0.0590. The van der Waals surface area contributed by atoms with Crippen molar-refractivity contribution in [2.24, 2.45) is 0 Å². The van der Waals surface area contributed by atoms with Gasteiger partial charge >= 0.3 is 0 Å². The van der Waals surface area contributed by atoms with Gasteiger partial charge in [-0.05, 0) is 44.3 Å². The molecule has 1 N–H and O–H groups in total. The molecule has 2 aliphatic heterocycles. The van der Waals surface area contributed by atoms with Gasteiger partial charge < -0.3 is 10.2 Å². The van der Waals surface area contributed by atoms with Gasteiger partial charge in [0.05, 0.1) is 19.3 Å². The van der Waals surface area contributed by atoms with E-state index in [1.54, 1.807) is 4.90 Å². The van der Waals surface area contributed by atoms with Gasteiger partial charge in [-0.15, -0.1) is 0 Å². The number of piperidine rings is 1. The normalized spacial score (nSPS) is 20.6. The van der Waals surface area contributed by atoms with E-state index < -0.39 is 0 Å². The summed E-state index contributed by atoms with van der Waals surface area (Å²) >= 11 is 0. The van der Waals surface area contributed by atoms with Crippen molar-refractivity contribution in [2.45, 2.75) is 32.2 Å². The third-order valence-electron chi connectivity index (χ3n) is 4.79. The Balaban J connectivity index is 1.47. The molecule has 23 heavy (non-hydrogen) atoms. The molecule has 0 aromatic carbocycles. The van der Waals surface area contributed by atoms with Crippen LogP contribution < -0.4 is 5.32 Å². The largest absolute Gasteiger partial charge is 0.353 e. The molecule has 0 bridgehead atoms. The van der Waals surface area contributed by atoms with Gasteiger partial charge in [0, 0.05) is 25.8 Å². The SMILES string of the molecule is CCn1cc(C2CCN(CC(=O)N3CCNC(=O)C3)CC2)cn1. The van der Waals surface area contributed by atoms with Crippen molar-refractivity contribution in [3.8, 4) is 0 Å². The number of aromatic nitrogens is 2. The zero-order valence-corrected chi connectivity index (χ0v) is 13.7. The van der Waals surface area contributed by atoms with Crippen molar-refractivity contribution in [1.82, 2.24) is 24.9 Å². The molecule has 0 spiro atoms. The number of carbonyl (C=O) groups excluding carboxylic acids is 2. The lowest BCUT2D eigenvalue weighted by Crippen LogP contribution is -2.52. The maximum atomic E-state index is 12.3. The van der Waals surface area contributed by atoms with E-state index in [0.29, 0.717) is 25.6 Å². The molecule has 2 saturated heterocycles. The van der Waals surface area contributed by atoms with E-state index in [9.17, 15) is 9.59 Å². The van der Waals surface area contributed by atoms with Crippen LogP contribution in [0.1, 0.15) is 31.2 Å². The van der Waals surface area contributed by atoms with Crippen molar-refractivity contribution in [3.63, 3.8) is 0 Å². The highest BCUT2D eigenvalue weighted by Crippen LogP contribution is 2.27. The van der Waals surface area contributed by atoms with Gasteiger partial charge in [-0.1, -0.05) is 0 Å². The van der Waals surface area contributed by atoms with Crippen molar-refractivity contribution in [3.05, 3.63) is 18.0 Å². The van der Waals surface area contributed by atoms with Crippen LogP contribution in [0.2, 0.25) is 0 Å². The number of nitrogens with zero attached hydrogens (tertiary/aromatic N) is 4. The molecule has 0 saturated carbocycles. The average Bonchev–Trinajstić information content (AvgIpc) is 3.04. The molecule has 0 radical (unpaired) electrons. The van der Waals surface area contributed by atoms with E-state index in [1.165, 1.54) is 5.56 Å². The van der Waals surface area contributed by atoms with Crippen molar-refractivity contribution < 1.29 is 9.59 Å². The first kappa shape index (κ1) is 16.0. The zero-order chi connectivity index (χ0) is 16.2. The molecule has 0 atom stereocenters. The second-order valence-corrected chi connectivity index (χ2v) is 6.35. The number of piperazine rings is 1. The highest BCUT2D eigenvalue weighted by atomic mass is 16.2. The molecule has 7 nitrogen and oxygen atoms in total. The molecule has 2 fully saturated rings. The molecule has 2 aliphatic rings. The third kappa shape index (κ3) is 3.90. The van der Waals surface area contributed by atoms with Crippen LogP contribution in [0.3, 0.4) is 0 Å². The molecular weight excluding hydrogens is 294 g/mol. The van der Waals surface area contributed by atoms with Crippen molar-refractivity contribution in [1.29, 1.82) is 0 Å². The minimum atomic E-state index is -0.0590.